The summed E-state index contributed by atoms with van der Waals surface area (Å²) in [7, 11) is 0. The van der Waals surface area contributed by atoms with Crippen molar-refractivity contribution in [3.8, 4) is 0 Å². The predicted molar refractivity (Wildman–Crippen MR) is 72.9 cm³/mol. The first kappa shape index (κ1) is 15.1. The quantitative estimate of drug-likeness (QED) is 0.799. The van der Waals surface area contributed by atoms with Crippen LogP contribution in [-0.4, -0.2) is 53.1 Å². The van der Waals surface area contributed by atoms with Crippen LogP contribution in [0.15, 0.2) is 0 Å². The number of aliphatic carboxylic acids is 1. The van der Waals surface area contributed by atoms with E-state index in [9.17, 15) is 9.59 Å². The summed E-state index contributed by atoms with van der Waals surface area (Å²) in [4.78, 5) is 24.4. The molecule has 0 aromatic carbocycles. The highest BCUT2D eigenvalue weighted by Crippen LogP contribution is 2.17. The Bertz CT molecular complexity index is 291. The van der Waals surface area contributed by atoms with E-state index in [4.69, 9.17) is 5.11 Å². The number of likely N-dealkylation sites (tertiary alicyclic amines) is 1. The first-order chi connectivity index (χ1) is 8.54. The maximum Gasteiger partial charge on any atom is 0.317 e. The van der Waals surface area contributed by atoms with Gasteiger partial charge in [0, 0.05) is 19.1 Å². The zero-order valence-electron chi connectivity index (χ0n) is 11.0. The topological polar surface area (TPSA) is 69.6 Å². The summed E-state index contributed by atoms with van der Waals surface area (Å²) in [5.74, 6) is -0.00548. The van der Waals surface area contributed by atoms with Crippen LogP contribution in [0.1, 0.15) is 26.2 Å². The molecule has 0 aromatic heterocycles. The number of carboxylic acids is 1. The molecule has 0 bridgehead atoms. The molecule has 2 N–H and O–H groups in total. The van der Waals surface area contributed by atoms with E-state index in [1.165, 1.54) is 0 Å². The monoisotopic (exact) mass is 274 g/mol. The largest absolute Gasteiger partial charge is 0.481 e. The summed E-state index contributed by atoms with van der Waals surface area (Å²) in [6.07, 6.45) is 4.12. The number of piperidine rings is 1. The van der Waals surface area contributed by atoms with Crippen molar-refractivity contribution < 1.29 is 14.7 Å². The predicted octanol–water partition coefficient (Wildman–Crippen LogP) is 1.63. The normalized spacial score (nSPS) is 18.4. The highest BCUT2D eigenvalue weighted by Gasteiger charge is 2.27. The Morgan fingerprint density at radius 1 is 1.44 bits per heavy atom. The summed E-state index contributed by atoms with van der Waals surface area (Å²) >= 11 is 1.77. The van der Waals surface area contributed by atoms with E-state index in [0.29, 0.717) is 25.9 Å². The molecule has 1 aliphatic rings. The number of hydrogen-bond donors (Lipinski definition) is 2. The lowest BCUT2D eigenvalue weighted by Gasteiger charge is -2.31. The fourth-order valence-corrected chi connectivity index (χ4v) is 2.59. The first-order valence-electron chi connectivity index (χ1n) is 6.31. The fourth-order valence-electron chi connectivity index (χ4n) is 2.00. The Morgan fingerprint density at radius 3 is 2.56 bits per heavy atom. The van der Waals surface area contributed by atoms with Gasteiger partial charge in [-0.15, -0.1) is 0 Å². The van der Waals surface area contributed by atoms with Gasteiger partial charge in [-0.1, -0.05) is 0 Å². The van der Waals surface area contributed by atoms with Crippen molar-refractivity contribution in [1.29, 1.82) is 0 Å². The molecule has 0 saturated carbocycles. The van der Waals surface area contributed by atoms with Crippen LogP contribution in [0.25, 0.3) is 0 Å². The molecule has 1 heterocycles. The second-order valence-corrected chi connectivity index (χ2v) is 5.72. The number of nitrogens with zero attached hydrogens (tertiary/aromatic N) is 1. The summed E-state index contributed by atoms with van der Waals surface area (Å²) in [6.45, 7) is 3.08. The molecule has 1 saturated heterocycles. The molecule has 104 valence electrons. The van der Waals surface area contributed by atoms with Crippen LogP contribution in [0.3, 0.4) is 0 Å². The van der Waals surface area contributed by atoms with Crippen LogP contribution in [0, 0.1) is 5.92 Å². The molecule has 18 heavy (non-hydrogen) atoms. The minimum atomic E-state index is -0.747. The molecule has 1 atom stereocenters. The van der Waals surface area contributed by atoms with Crippen LogP contribution in [0.2, 0.25) is 0 Å². The van der Waals surface area contributed by atoms with Crippen molar-refractivity contribution in [2.24, 2.45) is 5.92 Å². The van der Waals surface area contributed by atoms with Gasteiger partial charge in [-0.2, -0.15) is 11.8 Å². The van der Waals surface area contributed by atoms with Crippen LogP contribution in [0.5, 0.6) is 0 Å². The van der Waals surface area contributed by atoms with Crippen molar-refractivity contribution in [3.63, 3.8) is 0 Å². The van der Waals surface area contributed by atoms with E-state index in [2.05, 4.69) is 5.32 Å². The van der Waals surface area contributed by atoms with Crippen molar-refractivity contribution in [1.82, 2.24) is 10.2 Å². The van der Waals surface area contributed by atoms with Crippen molar-refractivity contribution in [3.05, 3.63) is 0 Å². The number of carbonyl (C=O) groups is 2. The van der Waals surface area contributed by atoms with Gasteiger partial charge >= 0.3 is 12.0 Å². The van der Waals surface area contributed by atoms with E-state index in [1.54, 1.807) is 16.7 Å². The fraction of sp³-hybridized carbons (Fsp3) is 0.833. The lowest BCUT2D eigenvalue weighted by Crippen LogP contribution is -2.48. The third kappa shape index (κ3) is 4.76. The third-order valence-electron chi connectivity index (χ3n) is 3.26. The van der Waals surface area contributed by atoms with E-state index < -0.39 is 5.97 Å². The van der Waals surface area contributed by atoms with Crippen LogP contribution < -0.4 is 5.32 Å². The molecule has 0 spiro atoms. The Morgan fingerprint density at radius 2 is 2.06 bits per heavy atom. The smallest absolute Gasteiger partial charge is 0.317 e. The molecule has 1 aliphatic heterocycles. The van der Waals surface area contributed by atoms with E-state index >= 15 is 0 Å². The number of amides is 2. The molecule has 6 heteroatoms. The average molecular weight is 274 g/mol. The molecular formula is C12H22N2O3S. The van der Waals surface area contributed by atoms with Gasteiger partial charge in [0.15, 0.2) is 0 Å². The number of rotatable bonds is 5. The lowest BCUT2D eigenvalue weighted by molar-refractivity contribution is -0.143. The Balaban J connectivity index is 2.29. The summed E-state index contributed by atoms with van der Waals surface area (Å²) in [5, 5.41) is 11.8. The third-order valence-corrected chi connectivity index (χ3v) is 3.90. The molecule has 0 radical (unpaired) electrons. The Kier molecular flexibility index (Phi) is 6.32. The molecule has 2 amide bonds. The maximum atomic E-state index is 11.9. The van der Waals surface area contributed by atoms with Gasteiger partial charge in [-0.3, -0.25) is 4.79 Å². The maximum absolute atomic E-state index is 11.9. The number of hydrogen-bond acceptors (Lipinski definition) is 3. The van der Waals surface area contributed by atoms with Gasteiger partial charge in [0.05, 0.1) is 5.92 Å². The molecule has 1 rings (SSSR count). The molecule has 1 fully saturated rings. The number of urea groups is 1. The second kappa shape index (κ2) is 7.51. The molecule has 5 nitrogen and oxygen atoms in total. The second-order valence-electron chi connectivity index (χ2n) is 4.73. The van der Waals surface area contributed by atoms with Crippen LogP contribution in [-0.2, 0) is 4.79 Å². The molecule has 0 aromatic rings. The summed E-state index contributed by atoms with van der Waals surface area (Å²) in [5.41, 5.74) is 0. The molecule has 1 unspecified atom stereocenters. The molecule has 0 aliphatic carbocycles. The highest BCUT2D eigenvalue weighted by atomic mass is 32.2. The van der Waals surface area contributed by atoms with Gasteiger partial charge in [0.1, 0.15) is 0 Å². The lowest BCUT2D eigenvalue weighted by atomic mass is 9.97. The van der Waals surface area contributed by atoms with Crippen molar-refractivity contribution in [2.45, 2.75) is 32.2 Å². The molecular weight excluding hydrogens is 252 g/mol. The van der Waals surface area contributed by atoms with Gasteiger partial charge in [-0.05, 0) is 38.2 Å². The number of nitrogens with one attached hydrogen (secondary N) is 1. The average Bonchev–Trinajstić information content (AvgIpc) is 2.36. The van der Waals surface area contributed by atoms with Crippen molar-refractivity contribution >= 4 is 23.8 Å². The standard InChI is InChI=1S/C12H22N2O3S/c1-9(5-8-18-2)13-12(17)14-6-3-10(4-7-14)11(15)16/h9-10H,3-8H2,1-2H3,(H,13,17)(H,15,16). The highest BCUT2D eigenvalue weighted by molar-refractivity contribution is 7.98. The van der Waals surface area contributed by atoms with E-state index in [-0.39, 0.29) is 18.0 Å². The zero-order valence-corrected chi connectivity index (χ0v) is 11.8. The summed E-state index contributed by atoms with van der Waals surface area (Å²) in [6, 6.07) is 0.106. The number of carbonyl (C=O) groups excluding carboxylic acids is 1. The van der Waals surface area contributed by atoms with Gasteiger partial charge in [0.2, 0.25) is 0 Å². The SMILES string of the molecule is CSCCC(C)NC(=O)N1CCC(C(=O)O)CC1. The van der Waals surface area contributed by atoms with Crippen LogP contribution in [0.4, 0.5) is 4.79 Å². The van der Waals surface area contributed by atoms with E-state index in [1.807, 2.05) is 13.2 Å². The summed E-state index contributed by atoms with van der Waals surface area (Å²) < 4.78 is 0. The number of thioether (sulfide) groups is 1. The van der Waals surface area contributed by atoms with Crippen LogP contribution >= 0.6 is 11.8 Å². The first-order valence-corrected chi connectivity index (χ1v) is 7.71. The minimum Gasteiger partial charge on any atom is -0.481 e. The minimum absolute atomic E-state index is 0.0626. The van der Waals surface area contributed by atoms with E-state index in [0.717, 1.165) is 12.2 Å². The Hall–Kier alpha value is -0.910. The van der Waals surface area contributed by atoms with Crippen molar-refractivity contribution in [2.75, 3.05) is 25.1 Å². The zero-order chi connectivity index (χ0) is 13.5. The van der Waals surface area contributed by atoms with Gasteiger partial charge in [0.25, 0.3) is 0 Å². The van der Waals surface area contributed by atoms with Gasteiger partial charge in [-0.25, -0.2) is 4.79 Å². The van der Waals surface area contributed by atoms with Gasteiger partial charge < -0.3 is 15.3 Å². The Labute approximate surface area is 112 Å². The number of carboxylic acid groups (broad SMARTS) is 1.